The molecule has 22 heavy (non-hydrogen) atoms. The molecule has 2 aromatic carbocycles. The Labute approximate surface area is 132 Å². The van der Waals surface area contributed by atoms with Gasteiger partial charge in [0, 0.05) is 35.5 Å². The summed E-state index contributed by atoms with van der Waals surface area (Å²) < 4.78 is 25.2. The lowest BCUT2D eigenvalue weighted by Gasteiger charge is -2.22. The fourth-order valence-corrected chi connectivity index (χ4v) is 2.84. The fraction of sp³-hybridized carbons (Fsp3) is 0.235. The van der Waals surface area contributed by atoms with E-state index in [0.717, 1.165) is 10.5 Å². The molecular formula is C17H18FNO2S. The smallest absolute Gasteiger partial charge is 0.164 e. The Morgan fingerprint density at radius 2 is 1.82 bits per heavy atom. The highest BCUT2D eigenvalue weighted by atomic mass is 32.2. The van der Waals surface area contributed by atoms with E-state index < -0.39 is 16.6 Å². The number of nitrogens with zero attached hydrogens (tertiary/aromatic N) is 1. The topological polar surface area (TPSA) is 37.4 Å². The molecule has 0 saturated heterocycles. The van der Waals surface area contributed by atoms with Crippen molar-refractivity contribution in [1.82, 2.24) is 0 Å². The molecule has 116 valence electrons. The third kappa shape index (κ3) is 3.60. The standard InChI is InChI=1S/C17H18FNO2S/c1-12(20)17-15(18)5-4-6-16(17)19(2)11-13-7-9-14(10-8-13)22(3)21/h4-10H,11H2,1-3H3. The zero-order valence-electron chi connectivity index (χ0n) is 12.8. The fourth-order valence-electron chi connectivity index (χ4n) is 2.32. The van der Waals surface area contributed by atoms with E-state index in [-0.39, 0.29) is 11.3 Å². The van der Waals surface area contributed by atoms with Gasteiger partial charge in [-0.05, 0) is 36.8 Å². The second-order valence-electron chi connectivity index (χ2n) is 5.14. The highest BCUT2D eigenvalue weighted by molar-refractivity contribution is 7.84. The maximum absolute atomic E-state index is 13.9. The van der Waals surface area contributed by atoms with E-state index in [1.54, 1.807) is 18.4 Å². The van der Waals surface area contributed by atoms with Crippen molar-refractivity contribution in [2.75, 3.05) is 18.2 Å². The maximum Gasteiger partial charge on any atom is 0.164 e. The molecule has 0 amide bonds. The molecule has 2 aromatic rings. The van der Waals surface area contributed by atoms with Crippen molar-refractivity contribution in [3.8, 4) is 0 Å². The van der Waals surface area contributed by atoms with Crippen molar-refractivity contribution in [3.05, 3.63) is 59.4 Å². The van der Waals surface area contributed by atoms with Crippen LogP contribution in [0, 0.1) is 5.82 Å². The summed E-state index contributed by atoms with van der Waals surface area (Å²) >= 11 is 0. The second kappa shape index (κ2) is 6.83. The molecular weight excluding hydrogens is 301 g/mol. The summed E-state index contributed by atoms with van der Waals surface area (Å²) in [7, 11) is 0.806. The van der Waals surface area contributed by atoms with Crippen LogP contribution in [0.15, 0.2) is 47.4 Å². The molecule has 0 bridgehead atoms. The summed E-state index contributed by atoms with van der Waals surface area (Å²) in [5.41, 5.74) is 1.67. The Kier molecular flexibility index (Phi) is 5.08. The van der Waals surface area contributed by atoms with Gasteiger partial charge in [0.05, 0.1) is 11.3 Å². The van der Waals surface area contributed by atoms with Gasteiger partial charge in [-0.3, -0.25) is 9.00 Å². The minimum Gasteiger partial charge on any atom is -0.370 e. The van der Waals surface area contributed by atoms with Crippen LogP contribution in [0.5, 0.6) is 0 Å². The van der Waals surface area contributed by atoms with Gasteiger partial charge >= 0.3 is 0 Å². The molecule has 1 unspecified atom stereocenters. The molecule has 0 saturated carbocycles. The van der Waals surface area contributed by atoms with E-state index in [2.05, 4.69) is 0 Å². The first kappa shape index (κ1) is 16.4. The highest BCUT2D eigenvalue weighted by Gasteiger charge is 2.16. The summed E-state index contributed by atoms with van der Waals surface area (Å²) in [5.74, 6) is -0.801. The van der Waals surface area contributed by atoms with Gasteiger partial charge in [-0.15, -0.1) is 0 Å². The number of hydrogen-bond acceptors (Lipinski definition) is 3. The number of anilines is 1. The van der Waals surface area contributed by atoms with Crippen LogP contribution in [0.3, 0.4) is 0 Å². The van der Waals surface area contributed by atoms with E-state index in [0.29, 0.717) is 12.2 Å². The predicted molar refractivity (Wildman–Crippen MR) is 87.3 cm³/mol. The van der Waals surface area contributed by atoms with Crippen molar-refractivity contribution in [3.63, 3.8) is 0 Å². The van der Waals surface area contributed by atoms with E-state index in [1.165, 1.54) is 13.0 Å². The molecule has 0 aliphatic heterocycles. The lowest BCUT2D eigenvalue weighted by molar-refractivity contribution is 0.101. The van der Waals surface area contributed by atoms with Crippen LogP contribution in [0.1, 0.15) is 22.8 Å². The van der Waals surface area contributed by atoms with Crippen molar-refractivity contribution < 1.29 is 13.4 Å². The summed E-state index contributed by atoms with van der Waals surface area (Å²) in [5, 5.41) is 0. The van der Waals surface area contributed by atoms with E-state index >= 15 is 0 Å². The van der Waals surface area contributed by atoms with Crippen LogP contribution in [-0.2, 0) is 17.3 Å². The quantitative estimate of drug-likeness (QED) is 0.793. The second-order valence-corrected chi connectivity index (χ2v) is 6.52. The average Bonchev–Trinajstić information content (AvgIpc) is 2.47. The van der Waals surface area contributed by atoms with Crippen LogP contribution in [0.4, 0.5) is 10.1 Å². The number of hydrogen-bond donors (Lipinski definition) is 0. The van der Waals surface area contributed by atoms with Crippen molar-refractivity contribution in [1.29, 1.82) is 0 Å². The first-order valence-electron chi connectivity index (χ1n) is 6.83. The number of rotatable bonds is 5. The molecule has 0 aliphatic rings. The number of benzene rings is 2. The Bertz CT molecular complexity index is 713. The van der Waals surface area contributed by atoms with E-state index in [9.17, 15) is 13.4 Å². The molecule has 0 fully saturated rings. The van der Waals surface area contributed by atoms with Crippen LogP contribution in [0.2, 0.25) is 0 Å². The summed E-state index contributed by atoms with van der Waals surface area (Å²) in [6.45, 7) is 1.89. The number of halogens is 1. The molecule has 0 radical (unpaired) electrons. The first-order valence-corrected chi connectivity index (χ1v) is 8.39. The van der Waals surface area contributed by atoms with Crippen LogP contribution in [0.25, 0.3) is 0 Å². The zero-order chi connectivity index (χ0) is 16.3. The van der Waals surface area contributed by atoms with Gasteiger partial charge in [0.2, 0.25) is 0 Å². The number of carbonyl (C=O) groups excluding carboxylic acids is 1. The maximum atomic E-state index is 13.9. The Balaban J connectivity index is 2.26. The first-order chi connectivity index (χ1) is 10.4. The minimum atomic E-state index is -1.01. The molecule has 2 rings (SSSR count). The largest absolute Gasteiger partial charge is 0.370 e. The van der Waals surface area contributed by atoms with Gasteiger partial charge in [0.1, 0.15) is 5.82 Å². The number of ketones is 1. The van der Waals surface area contributed by atoms with E-state index in [1.807, 2.05) is 36.2 Å². The van der Waals surface area contributed by atoms with Gasteiger partial charge in [0.25, 0.3) is 0 Å². The lowest BCUT2D eigenvalue weighted by Crippen LogP contribution is -2.19. The third-order valence-electron chi connectivity index (χ3n) is 3.43. The summed E-state index contributed by atoms with van der Waals surface area (Å²) in [6.07, 6.45) is 1.63. The predicted octanol–water partition coefficient (Wildman–Crippen LogP) is 3.40. The molecule has 0 aromatic heterocycles. The lowest BCUT2D eigenvalue weighted by atomic mass is 10.1. The summed E-state index contributed by atoms with van der Waals surface area (Å²) in [6, 6.07) is 12.0. The molecule has 0 spiro atoms. The Morgan fingerprint density at radius 3 is 2.36 bits per heavy atom. The van der Waals surface area contributed by atoms with E-state index in [4.69, 9.17) is 0 Å². The zero-order valence-corrected chi connectivity index (χ0v) is 13.6. The molecule has 1 atom stereocenters. The van der Waals surface area contributed by atoms with Crippen molar-refractivity contribution in [2.24, 2.45) is 0 Å². The van der Waals surface area contributed by atoms with Gasteiger partial charge in [-0.25, -0.2) is 4.39 Å². The van der Waals surface area contributed by atoms with Gasteiger partial charge in [-0.2, -0.15) is 0 Å². The number of carbonyl (C=O) groups is 1. The monoisotopic (exact) mass is 319 g/mol. The highest BCUT2D eigenvalue weighted by Crippen LogP contribution is 2.24. The molecule has 0 heterocycles. The molecule has 5 heteroatoms. The minimum absolute atomic E-state index is 0.108. The van der Waals surface area contributed by atoms with Crippen LogP contribution < -0.4 is 4.90 Å². The van der Waals surface area contributed by atoms with Crippen LogP contribution >= 0.6 is 0 Å². The summed E-state index contributed by atoms with van der Waals surface area (Å²) in [4.78, 5) is 14.3. The normalized spacial score (nSPS) is 12.0. The average molecular weight is 319 g/mol. The van der Waals surface area contributed by atoms with Gasteiger partial charge < -0.3 is 4.90 Å². The SMILES string of the molecule is CC(=O)c1c(F)cccc1N(C)Cc1ccc(S(C)=O)cc1. The van der Waals surface area contributed by atoms with Crippen LogP contribution in [-0.4, -0.2) is 23.3 Å². The molecule has 0 N–H and O–H groups in total. The molecule has 3 nitrogen and oxygen atoms in total. The third-order valence-corrected chi connectivity index (χ3v) is 4.37. The number of Topliss-reactive ketones (excluding diaryl/α,β-unsaturated/α-hetero) is 1. The van der Waals surface area contributed by atoms with Crippen molar-refractivity contribution in [2.45, 2.75) is 18.4 Å². The molecule has 0 aliphatic carbocycles. The Hall–Kier alpha value is -2.01. The van der Waals surface area contributed by atoms with Crippen molar-refractivity contribution >= 4 is 22.3 Å². The van der Waals surface area contributed by atoms with Gasteiger partial charge in [-0.1, -0.05) is 18.2 Å². The Morgan fingerprint density at radius 1 is 1.18 bits per heavy atom. The van der Waals surface area contributed by atoms with Gasteiger partial charge in [0.15, 0.2) is 5.78 Å².